The van der Waals surface area contributed by atoms with Crippen LogP contribution in [0.4, 0.5) is 32.2 Å². The Morgan fingerprint density at radius 1 is 1.02 bits per heavy atom. The molecule has 3 aliphatic carbocycles. The number of carbonyl (C=O) groups excluding carboxylic acids is 1. The maximum absolute atomic E-state index is 15.5. The van der Waals surface area contributed by atoms with Gasteiger partial charge in [-0.2, -0.15) is 19.0 Å². The Morgan fingerprint density at radius 3 is 2.43 bits per heavy atom. The van der Waals surface area contributed by atoms with Crippen molar-refractivity contribution in [3.8, 4) is 5.69 Å². The average molecular weight is 887 g/mol. The number of rotatable bonds is 11. The van der Waals surface area contributed by atoms with E-state index in [0.717, 1.165) is 60.6 Å². The Kier molecular flexibility index (Phi) is 9.99. The number of fused-ring (bicyclic) bond motifs is 5. The summed E-state index contributed by atoms with van der Waals surface area (Å²) in [4.78, 5) is 34.1. The van der Waals surface area contributed by atoms with E-state index in [2.05, 4.69) is 20.2 Å². The Labute approximate surface area is 348 Å². The number of nitrogens with one attached hydrogen (secondary N) is 2. The van der Waals surface area contributed by atoms with Crippen LogP contribution in [0.25, 0.3) is 27.5 Å². The van der Waals surface area contributed by atoms with Crippen molar-refractivity contribution in [2.45, 2.75) is 81.7 Å². The summed E-state index contributed by atoms with van der Waals surface area (Å²) >= 11 is 6.64. The molecule has 0 aliphatic heterocycles. The van der Waals surface area contributed by atoms with Gasteiger partial charge in [-0.3, -0.25) is 28.2 Å². The zero-order chi connectivity index (χ0) is 43.3. The van der Waals surface area contributed by atoms with Crippen LogP contribution >= 0.6 is 11.6 Å². The van der Waals surface area contributed by atoms with Crippen molar-refractivity contribution >= 4 is 55.2 Å². The lowest BCUT2D eigenvalue weighted by Gasteiger charge is -2.25. The molecule has 6 aromatic rings. The van der Waals surface area contributed by atoms with E-state index in [4.69, 9.17) is 16.6 Å². The molecule has 9 rings (SSSR count). The number of aromatic nitrogens is 6. The minimum Gasteiger partial charge on any atom is -0.344 e. The van der Waals surface area contributed by atoms with Gasteiger partial charge in [0.2, 0.25) is 15.9 Å². The molecule has 20 heteroatoms. The molecule has 3 heterocycles. The Bertz CT molecular complexity index is 2950. The third-order valence-corrected chi connectivity index (χ3v) is 12.8. The molecule has 1 unspecified atom stereocenters. The number of amides is 1. The SMILES string of the molecule is Cn1nc(NS(C)(=O)=O)c2c(Cl)ccc(-n3c([C@H](Cc4cc(F)cc(F)c4)NC(=O)Cn4nc(C(F)F)c5c4C(F)(F)C4C[C@@H]54)nc4cc(C5CCCCC5)ccc4c3=O)c21. The predicted octanol–water partition coefficient (Wildman–Crippen LogP) is 8.07. The molecule has 3 aromatic heterocycles. The van der Waals surface area contributed by atoms with Crippen molar-refractivity contribution in [3.05, 3.63) is 109 Å². The van der Waals surface area contributed by atoms with Gasteiger partial charge < -0.3 is 5.32 Å². The summed E-state index contributed by atoms with van der Waals surface area (Å²) in [5.74, 6) is -8.59. The summed E-state index contributed by atoms with van der Waals surface area (Å²) in [6, 6.07) is 9.35. The molecule has 0 spiro atoms. The molecular weight excluding hydrogens is 850 g/mol. The van der Waals surface area contributed by atoms with E-state index >= 15 is 13.6 Å². The fourth-order valence-corrected chi connectivity index (χ4v) is 10.0. The van der Waals surface area contributed by atoms with E-state index in [-0.39, 0.29) is 67.6 Å². The van der Waals surface area contributed by atoms with Crippen LogP contribution in [0, 0.1) is 17.6 Å². The summed E-state index contributed by atoms with van der Waals surface area (Å²) in [5.41, 5.74) is -1.15. The topological polar surface area (TPSA) is 146 Å². The molecule has 3 aromatic carbocycles. The highest BCUT2D eigenvalue weighted by Gasteiger charge is 2.67. The molecule has 12 nitrogen and oxygen atoms in total. The lowest BCUT2D eigenvalue weighted by Crippen LogP contribution is -2.38. The van der Waals surface area contributed by atoms with Gasteiger partial charge in [-0.1, -0.05) is 36.9 Å². The lowest BCUT2D eigenvalue weighted by atomic mass is 9.84. The highest BCUT2D eigenvalue weighted by atomic mass is 35.5. The maximum atomic E-state index is 15.5. The van der Waals surface area contributed by atoms with Crippen molar-refractivity contribution < 1.29 is 39.6 Å². The molecule has 2 saturated carbocycles. The molecule has 61 heavy (non-hydrogen) atoms. The lowest BCUT2D eigenvalue weighted by molar-refractivity contribution is -0.123. The van der Waals surface area contributed by atoms with Crippen LogP contribution < -0.4 is 15.6 Å². The van der Waals surface area contributed by atoms with Crippen molar-refractivity contribution in [3.63, 3.8) is 0 Å². The standard InChI is InChI=1S/C41H37ClF6N8O4S/c1-54-35-30(11-10-27(42)33(35)38(52-54)53-61(2,59)60)56-39(50-28-15-21(8-9-24(28)40(56)58)20-6-4-3-5-7-20)29(14-19-12-22(43)16-23(44)13-19)49-31(57)18-55-36-32(34(51-55)37(45)46)25-17-26(25)41(36,47)48/h8-13,15-16,20,25-26,29,37H,3-7,14,17-18H2,1-2H3,(H,49,57)(H,52,53)/t25-,26?,29+/m1/s1. The number of nitrogens with zero attached hydrogens (tertiary/aromatic N) is 6. The molecule has 2 N–H and O–H groups in total. The first-order valence-corrected chi connectivity index (χ1v) is 21.9. The van der Waals surface area contributed by atoms with Crippen LogP contribution in [0.1, 0.15) is 96.7 Å². The average Bonchev–Trinajstić information content (AvgIpc) is 3.73. The van der Waals surface area contributed by atoms with E-state index in [1.165, 1.54) is 23.9 Å². The second-order valence-electron chi connectivity index (χ2n) is 16.1. The molecule has 2 fully saturated rings. The third kappa shape index (κ3) is 7.32. The minimum atomic E-state index is -3.89. The smallest absolute Gasteiger partial charge is 0.293 e. The first-order chi connectivity index (χ1) is 28.9. The quantitative estimate of drug-likeness (QED) is 0.125. The van der Waals surface area contributed by atoms with Crippen LogP contribution in [0.3, 0.4) is 0 Å². The molecule has 3 atom stereocenters. The predicted molar refractivity (Wildman–Crippen MR) is 214 cm³/mol. The normalized spacial score (nSPS) is 19.0. The molecule has 3 aliphatic rings. The first-order valence-electron chi connectivity index (χ1n) is 19.6. The Balaban J connectivity index is 1.24. The van der Waals surface area contributed by atoms with Crippen molar-refractivity contribution in [2.75, 3.05) is 11.0 Å². The summed E-state index contributed by atoms with van der Waals surface area (Å²) in [7, 11) is -2.41. The van der Waals surface area contributed by atoms with E-state index in [9.17, 15) is 30.8 Å². The number of sulfonamides is 1. The molecule has 1 amide bonds. The summed E-state index contributed by atoms with van der Waals surface area (Å²) in [5, 5.41) is 11.1. The highest BCUT2D eigenvalue weighted by Crippen LogP contribution is 2.68. The van der Waals surface area contributed by atoms with Crippen LogP contribution in [0.2, 0.25) is 5.02 Å². The van der Waals surface area contributed by atoms with Gasteiger partial charge in [0.25, 0.3) is 17.9 Å². The zero-order valence-corrected chi connectivity index (χ0v) is 34.1. The number of hydrogen-bond donors (Lipinski definition) is 2. The van der Waals surface area contributed by atoms with Gasteiger partial charge in [-0.25, -0.2) is 31.0 Å². The van der Waals surface area contributed by atoms with Crippen LogP contribution in [-0.2, 0) is 40.8 Å². The van der Waals surface area contributed by atoms with Crippen molar-refractivity contribution in [1.82, 2.24) is 34.4 Å². The highest BCUT2D eigenvalue weighted by molar-refractivity contribution is 7.92. The van der Waals surface area contributed by atoms with Gasteiger partial charge in [0.05, 0.1) is 44.8 Å². The van der Waals surface area contributed by atoms with Gasteiger partial charge in [0.1, 0.15) is 35.4 Å². The fourth-order valence-electron chi connectivity index (χ4n) is 9.29. The van der Waals surface area contributed by atoms with E-state index < -0.39 is 87.7 Å². The molecule has 0 bridgehead atoms. The largest absolute Gasteiger partial charge is 0.344 e. The van der Waals surface area contributed by atoms with Crippen LogP contribution in [-0.4, -0.2) is 49.7 Å². The van der Waals surface area contributed by atoms with E-state index in [1.807, 2.05) is 6.07 Å². The minimum absolute atomic E-state index is 0.00710. The number of carbonyl (C=O) groups is 1. The summed E-state index contributed by atoms with van der Waals surface area (Å²) < 4.78 is 119. The number of aryl methyl sites for hydroxylation is 1. The number of halogens is 7. The summed E-state index contributed by atoms with van der Waals surface area (Å²) in [6.07, 6.45) is 2.28. The number of benzene rings is 3. The number of hydrogen-bond acceptors (Lipinski definition) is 7. The second kappa shape index (κ2) is 14.9. The van der Waals surface area contributed by atoms with Crippen LogP contribution in [0.5, 0.6) is 0 Å². The number of alkyl halides is 4. The zero-order valence-electron chi connectivity index (χ0n) is 32.5. The molecular formula is C41H37ClF6N8O4S. The van der Waals surface area contributed by atoms with Gasteiger partial charge in [0.15, 0.2) is 5.82 Å². The Morgan fingerprint density at radius 2 is 1.74 bits per heavy atom. The monoisotopic (exact) mass is 886 g/mol. The molecule has 320 valence electrons. The third-order valence-electron chi connectivity index (χ3n) is 11.9. The number of anilines is 1. The van der Waals surface area contributed by atoms with Gasteiger partial charge >= 0.3 is 0 Å². The molecule has 0 radical (unpaired) electrons. The van der Waals surface area contributed by atoms with E-state index in [0.29, 0.717) is 10.7 Å². The van der Waals surface area contributed by atoms with Crippen molar-refractivity contribution in [1.29, 1.82) is 0 Å². The maximum Gasteiger partial charge on any atom is 0.293 e. The van der Waals surface area contributed by atoms with E-state index in [1.54, 1.807) is 12.1 Å². The van der Waals surface area contributed by atoms with Gasteiger partial charge in [0, 0.05) is 31.0 Å². The van der Waals surface area contributed by atoms with Crippen molar-refractivity contribution in [2.24, 2.45) is 13.0 Å². The second-order valence-corrected chi connectivity index (χ2v) is 18.3. The first kappa shape index (κ1) is 40.9. The van der Waals surface area contributed by atoms with Gasteiger partial charge in [-0.15, -0.1) is 0 Å². The van der Waals surface area contributed by atoms with Crippen LogP contribution in [0.15, 0.2) is 53.3 Å². The summed E-state index contributed by atoms with van der Waals surface area (Å²) in [6.45, 7) is -0.949. The van der Waals surface area contributed by atoms with Gasteiger partial charge in [-0.05, 0) is 78.6 Å². The Hall–Kier alpha value is -5.43. The fraction of sp³-hybridized carbons (Fsp3) is 0.390. The molecule has 0 saturated heterocycles.